The number of nitrogen functional groups attached to an aromatic ring is 1. The van der Waals surface area contributed by atoms with E-state index in [0.29, 0.717) is 35.3 Å². The van der Waals surface area contributed by atoms with Gasteiger partial charge in [0, 0.05) is 24.1 Å². The van der Waals surface area contributed by atoms with E-state index in [1.165, 1.54) is 18.5 Å². The highest BCUT2D eigenvalue weighted by molar-refractivity contribution is 6.12. The molecule has 1 amide bonds. The number of amides is 1. The number of nitrogens with zero attached hydrogens (tertiary/aromatic N) is 4. The minimum absolute atomic E-state index is 0.0391. The Hall–Kier alpha value is -3.74. The molecule has 200 valence electrons. The second-order valence-electron chi connectivity index (χ2n) is 10.6. The maximum Gasteiger partial charge on any atom is 0.255 e. The third-order valence-electron chi connectivity index (χ3n) is 7.01. The van der Waals surface area contributed by atoms with Crippen molar-refractivity contribution < 1.29 is 14.3 Å². The van der Waals surface area contributed by atoms with Crippen LogP contribution in [0.3, 0.4) is 0 Å². The van der Waals surface area contributed by atoms with Crippen molar-refractivity contribution in [3.05, 3.63) is 65.9 Å². The van der Waals surface area contributed by atoms with Crippen LogP contribution in [0.1, 0.15) is 68.7 Å². The van der Waals surface area contributed by atoms with Crippen LogP contribution in [0.2, 0.25) is 0 Å². The lowest BCUT2D eigenvalue weighted by atomic mass is 9.93. The molecule has 1 aliphatic rings. The fourth-order valence-electron chi connectivity index (χ4n) is 5.17. The van der Waals surface area contributed by atoms with E-state index in [0.717, 1.165) is 0 Å². The van der Waals surface area contributed by atoms with E-state index in [9.17, 15) is 14.3 Å². The van der Waals surface area contributed by atoms with Crippen LogP contribution in [-0.2, 0) is 5.54 Å². The number of anilines is 1. The Morgan fingerprint density at radius 2 is 2.05 bits per heavy atom. The van der Waals surface area contributed by atoms with Crippen molar-refractivity contribution in [2.75, 3.05) is 12.3 Å². The molecule has 9 heteroatoms. The quantitative estimate of drug-likeness (QED) is 0.337. The molecular weight excluding hydrogens is 483 g/mol. The number of rotatable bonds is 6. The largest absolute Gasteiger partial charge is 0.383 e. The number of fused-ring (bicyclic) bond motifs is 1. The molecule has 3 atom stereocenters. The number of aromatic nitrogens is 3. The first-order valence-electron chi connectivity index (χ1n) is 12.8. The molecule has 3 heterocycles. The number of nitrogens with two attached hydrogens (primary N) is 1. The lowest BCUT2D eigenvalue weighted by Gasteiger charge is -2.27. The number of halogens is 1. The number of aliphatic hydroxyl groups excluding tert-OH is 1. The van der Waals surface area contributed by atoms with E-state index in [2.05, 4.69) is 33.7 Å². The number of aliphatic hydroxyl groups is 1. The molecule has 1 aliphatic heterocycles. The Kier molecular flexibility index (Phi) is 7.58. The number of hydrogen-bond acceptors (Lipinski definition) is 6. The average Bonchev–Trinajstić information content (AvgIpc) is 3.40. The maximum atomic E-state index is 14.7. The van der Waals surface area contributed by atoms with Gasteiger partial charge in [-0.05, 0) is 45.3 Å². The summed E-state index contributed by atoms with van der Waals surface area (Å²) in [5, 5.41) is 13.9. The predicted molar refractivity (Wildman–Crippen MR) is 147 cm³/mol. The van der Waals surface area contributed by atoms with Gasteiger partial charge in [-0.25, -0.2) is 14.4 Å². The Balaban J connectivity index is 1.90. The molecule has 0 saturated carbocycles. The molecule has 38 heavy (non-hydrogen) atoms. The maximum absolute atomic E-state index is 14.7. The number of benzene rings is 1. The molecule has 0 aliphatic carbocycles. The van der Waals surface area contributed by atoms with E-state index in [1.807, 2.05) is 30.2 Å². The normalized spacial score (nSPS) is 18.8. The monoisotopic (exact) mass is 518 g/mol. The summed E-state index contributed by atoms with van der Waals surface area (Å²) in [5.41, 5.74) is 6.88. The van der Waals surface area contributed by atoms with Crippen molar-refractivity contribution in [1.82, 2.24) is 24.8 Å². The molecule has 0 spiro atoms. The Morgan fingerprint density at radius 3 is 2.71 bits per heavy atom. The SMILES string of the molecule is C=CC(O)N1C[C@H](n2c(C#CC(C)C)c(C(=O)NC(C)(C)c3ccccc3F)c3c(N)ncnc32)C[C@@H]1C. The molecule has 1 saturated heterocycles. The molecule has 4 N–H and O–H groups in total. The van der Waals surface area contributed by atoms with Crippen molar-refractivity contribution >= 4 is 22.8 Å². The second-order valence-corrected chi connectivity index (χ2v) is 10.6. The van der Waals surface area contributed by atoms with Crippen molar-refractivity contribution in [2.45, 2.75) is 64.9 Å². The van der Waals surface area contributed by atoms with Gasteiger partial charge in [-0.15, -0.1) is 0 Å². The van der Waals surface area contributed by atoms with Crippen LogP contribution >= 0.6 is 0 Å². The van der Waals surface area contributed by atoms with Crippen LogP contribution in [0.25, 0.3) is 11.0 Å². The van der Waals surface area contributed by atoms with Gasteiger partial charge in [-0.3, -0.25) is 9.69 Å². The fraction of sp³-hybridized carbons (Fsp3) is 0.414. The minimum atomic E-state index is -1.03. The number of likely N-dealkylation sites (tertiary alicyclic amines) is 1. The molecule has 1 aromatic carbocycles. The Labute approximate surface area is 222 Å². The highest BCUT2D eigenvalue weighted by atomic mass is 19.1. The summed E-state index contributed by atoms with van der Waals surface area (Å²) in [7, 11) is 0. The topological polar surface area (TPSA) is 109 Å². The zero-order valence-electron chi connectivity index (χ0n) is 22.5. The Bertz CT molecular complexity index is 1430. The average molecular weight is 519 g/mol. The predicted octanol–water partition coefficient (Wildman–Crippen LogP) is 3.96. The minimum Gasteiger partial charge on any atom is -0.383 e. The van der Waals surface area contributed by atoms with Gasteiger partial charge in [0.1, 0.15) is 35.5 Å². The zero-order valence-corrected chi connectivity index (χ0v) is 22.5. The van der Waals surface area contributed by atoms with Gasteiger partial charge >= 0.3 is 0 Å². The van der Waals surface area contributed by atoms with Crippen molar-refractivity contribution in [3.8, 4) is 11.8 Å². The second kappa shape index (κ2) is 10.6. The van der Waals surface area contributed by atoms with Crippen molar-refractivity contribution in [3.63, 3.8) is 0 Å². The summed E-state index contributed by atoms with van der Waals surface area (Å²) in [5.74, 6) is 5.73. The summed E-state index contributed by atoms with van der Waals surface area (Å²) < 4.78 is 16.6. The van der Waals surface area contributed by atoms with Gasteiger partial charge in [0.05, 0.1) is 22.5 Å². The highest BCUT2D eigenvalue weighted by Gasteiger charge is 2.38. The molecule has 3 aromatic rings. The van der Waals surface area contributed by atoms with Gasteiger partial charge in [-0.2, -0.15) is 0 Å². The third-order valence-corrected chi connectivity index (χ3v) is 7.01. The van der Waals surface area contributed by atoms with E-state index < -0.39 is 23.5 Å². The van der Waals surface area contributed by atoms with E-state index in [4.69, 9.17) is 5.73 Å². The van der Waals surface area contributed by atoms with Crippen molar-refractivity contribution in [2.24, 2.45) is 5.92 Å². The number of hydrogen-bond donors (Lipinski definition) is 3. The Morgan fingerprint density at radius 1 is 1.34 bits per heavy atom. The lowest BCUT2D eigenvalue weighted by molar-refractivity contribution is 0.0357. The molecule has 8 nitrogen and oxygen atoms in total. The summed E-state index contributed by atoms with van der Waals surface area (Å²) in [4.78, 5) is 24.6. The first-order valence-corrected chi connectivity index (χ1v) is 12.8. The molecule has 0 bridgehead atoms. The van der Waals surface area contributed by atoms with Crippen LogP contribution in [0.15, 0.2) is 43.2 Å². The van der Waals surface area contributed by atoms with Gasteiger partial charge in [0.25, 0.3) is 5.91 Å². The third kappa shape index (κ3) is 5.02. The van der Waals surface area contributed by atoms with Crippen LogP contribution in [0, 0.1) is 23.6 Å². The summed E-state index contributed by atoms with van der Waals surface area (Å²) in [6.07, 6.45) is 2.76. The summed E-state index contributed by atoms with van der Waals surface area (Å²) in [6.45, 7) is 13.7. The first-order chi connectivity index (χ1) is 18.0. The van der Waals surface area contributed by atoms with Gasteiger partial charge in [0.15, 0.2) is 0 Å². The molecule has 2 aromatic heterocycles. The number of nitrogens with one attached hydrogen (secondary N) is 1. The standard InChI is InChI=1S/C29H35FN6O2/c1-7-23(37)35-15-19(14-18(35)4)36-22(13-12-17(2)3)24(25-26(31)32-16-33-27(25)36)28(38)34-29(5,6)20-10-8-9-11-21(20)30/h7-11,16-19,23,37H,1,14-15H2,2-6H3,(H,34,38)(H2,31,32,33)/t18-,19+,23?/m0/s1. The van der Waals surface area contributed by atoms with Crippen LogP contribution in [0.5, 0.6) is 0 Å². The first kappa shape index (κ1) is 27.3. The zero-order chi connectivity index (χ0) is 27.8. The highest BCUT2D eigenvalue weighted by Crippen LogP contribution is 2.37. The summed E-state index contributed by atoms with van der Waals surface area (Å²) >= 11 is 0. The molecule has 1 unspecified atom stereocenters. The summed E-state index contributed by atoms with van der Waals surface area (Å²) in [6, 6.07) is 6.26. The van der Waals surface area contributed by atoms with E-state index in [1.54, 1.807) is 32.0 Å². The number of carbonyl (C=O) groups excluding carboxylic acids is 1. The van der Waals surface area contributed by atoms with Crippen molar-refractivity contribution in [1.29, 1.82) is 0 Å². The number of carbonyl (C=O) groups is 1. The smallest absolute Gasteiger partial charge is 0.255 e. The molecule has 0 radical (unpaired) electrons. The lowest BCUT2D eigenvalue weighted by Crippen LogP contribution is -2.42. The van der Waals surface area contributed by atoms with Crippen LogP contribution in [0.4, 0.5) is 10.2 Å². The van der Waals surface area contributed by atoms with Crippen LogP contribution in [-0.4, -0.2) is 49.3 Å². The van der Waals surface area contributed by atoms with Gasteiger partial charge in [-0.1, -0.05) is 44.5 Å². The molecule has 1 fully saturated rings. The van der Waals surface area contributed by atoms with E-state index in [-0.39, 0.29) is 29.4 Å². The van der Waals surface area contributed by atoms with E-state index >= 15 is 0 Å². The van der Waals surface area contributed by atoms with Gasteiger partial charge < -0.3 is 20.7 Å². The molecule has 4 rings (SSSR count). The van der Waals surface area contributed by atoms with Gasteiger partial charge in [0.2, 0.25) is 0 Å². The molecular formula is C29H35FN6O2. The van der Waals surface area contributed by atoms with Crippen LogP contribution < -0.4 is 11.1 Å². The fourth-order valence-corrected chi connectivity index (χ4v) is 5.17.